The van der Waals surface area contributed by atoms with E-state index in [-0.39, 0.29) is 5.91 Å². The van der Waals surface area contributed by atoms with Crippen LogP contribution in [0.4, 0.5) is 5.69 Å². The van der Waals surface area contributed by atoms with Gasteiger partial charge in [-0.05, 0) is 42.5 Å². The van der Waals surface area contributed by atoms with Gasteiger partial charge in [0.1, 0.15) is 32.7 Å². The predicted molar refractivity (Wildman–Crippen MR) is 108 cm³/mol. The number of fused-ring (bicyclic) bond motifs is 1. The summed E-state index contributed by atoms with van der Waals surface area (Å²) in [4.78, 5) is 15.6. The number of benzene rings is 2. The summed E-state index contributed by atoms with van der Waals surface area (Å²) >= 11 is 0. The molecule has 1 aliphatic heterocycles. The van der Waals surface area contributed by atoms with Gasteiger partial charge in [0.25, 0.3) is 0 Å². The first-order valence-corrected chi connectivity index (χ1v) is 10.4. The number of piperazine rings is 1. The molecule has 0 spiro atoms. The van der Waals surface area contributed by atoms with Gasteiger partial charge in [-0.1, -0.05) is 36.4 Å². The number of carbonyl (C=O) groups is 1. The average Bonchev–Trinajstić information content (AvgIpc) is 3.16. The smallest absolute Gasteiger partial charge is 0.230 e. The standard InChI is InChI=1S/C23H29N3O/c27-23(24-22-10-9-20-7-4-8-21(20)17-22)11-12-25-13-15-26(16-14-25)18-19-5-2-1-3-6-19/h1-3,5-6,9-10,17H,4,7-8,11-16,18H2,(H,24,27)/p+2. The van der Waals surface area contributed by atoms with E-state index in [1.54, 1.807) is 9.80 Å². The zero-order chi connectivity index (χ0) is 18.5. The van der Waals surface area contributed by atoms with Gasteiger partial charge in [0.05, 0.1) is 13.0 Å². The summed E-state index contributed by atoms with van der Waals surface area (Å²) in [5.74, 6) is 0.152. The molecule has 0 unspecified atom stereocenters. The highest BCUT2D eigenvalue weighted by molar-refractivity contribution is 5.90. The van der Waals surface area contributed by atoms with E-state index in [0.717, 1.165) is 38.3 Å². The molecule has 0 aromatic heterocycles. The molecule has 142 valence electrons. The van der Waals surface area contributed by atoms with Crippen molar-refractivity contribution in [2.45, 2.75) is 32.2 Å². The van der Waals surface area contributed by atoms with Gasteiger partial charge in [-0.15, -0.1) is 0 Å². The molecule has 0 bridgehead atoms. The Kier molecular flexibility index (Phi) is 5.85. The Morgan fingerprint density at radius 1 is 0.889 bits per heavy atom. The van der Waals surface area contributed by atoms with Crippen molar-refractivity contribution in [1.29, 1.82) is 0 Å². The van der Waals surface area contributed by atoms with Gasteiger partial charge >= 0.3 is 0 Å². The van der Waals surface area contributed by atoms with Crippen LogP contribution in [0.2, 0.25) is 0 Å². The highest BCUT2D eigenvalue weighted by Crippen LogP contribution is 2.24. The summed E-state index contributed by atoms with van der Waals surface area (Å²) in [6, 6.07) is 17.2. The van der Waals surface area contributed by atoms with Crippen LogP contribution in [-0.4, -0.2) is 38.6 Å². The predicted octanol–water partition coefficient (Wildman–Crippen LogP) is 0.488. The quantitative estimate of drug-likeness (QED) is 0.685. The highest BCUT2D eigenvalue weighted by atomic mass is 16.1. The largest absolute Gasteiger partial charge is 0.326 e. The minimum atomic E-state index is 0.152. The van der Waals surface area contributed by atoms with Crippen molar-refractivity contribution < 1.29 is 14.6 Å². The molecule has 0 saturated carbocycles. The van der Waals surface area contributed by atoms with Crippen molar-refractivity contribution in [3.8, 4) is 0 Å². The van der Waals surface area contributed by atoms with Crippen LogP contribution in [0, 0.1) is 0 Å². The molecule has 4 heteroatoms. The lowest BCUT2D eigenvalue weighted by Crippen LogP contribution is -3.27. The molecule has 2 aromatic carbocycles. The maximum atomic E-state index is 12.3. The Morgan fingerprint density at radius 3 is 2.44 bits per heavy atom. The molecular formula is C23H31N3O+2. The highest BCUT2D eigenvalue weighted by Gasteiger charge is 2.23. The summed E-state index contributed by atoms with van der Waals surface area (Å²) in [5, 5.41) is 3.10. The Balaban J connectivity index is 1.18. The molecule has 27 heavy (non-hydrogen) atoms. The fraction of sp³-hybridized carbons (Fsp3) is 0.435. The van der Waals surface area contributed by atoms with Gasteiger partial charge in [-0.3, -0.25) is 4.79 Å². The Morgan fingerprint density at radius 2 is 1.63 bits per heavy atom. The summed E-state index contributed by atoms with van der Waals surface area (Å²) in [5.41, 5.74) is 5.25. The average molecular weight is 366 g/mol. The van der Waals surface area contributed by atoms with Gasteiger partial charge in [0.2, 0.25) is 5.91 Å². The molecule has 1 fully saturated rings. The fourth-order valence-corrected chi connectivity index (χ4v) is 4.43. The number of hydrogen-bond acceptors (Lipinski definition) is 1. The van der Waals surface area contributed by atoms with Gasteiger partial charge in [-0.25, -0.2) is 0 Å². The molecule has 1 aliphatic carbocycles. The van der Waals surface area contributed by atoms with E-state index >= 15 is 0 Å². The second-order valence-electron chi connectivity index (χ2n) is 8.05. The van der Waals surface area contributed by atoms with Gasteiger partial charge in [0, 0.05) is 11.3 Å². The number of nitrogens with one attached hydrogen (secondary N) is 3. The minimum Gasteiger partial charge on any atom is -0.326 e. The normalized spacial score (nSPS) is 21.6. The van der Waals surface area contributed by atoms with Crippen LogP contribution in [0.15, 0.2) is 48.5 Å². The molecule has 3 N–H and O–H groups in total. The third-order valence-electron chi connectivity index (χ3n) is 6.05. The van der Waals surface area contributed by atoms with Gasteiger partial charge < -0.3 is 15.1 Å². The summed E-state index contributed by atoms with van der Waals surface area (Å²) in [7, 11) is 0. The molecule has 1 amide bonds. The van der Waals surface area contributed by atoms with Crippen molar-refractivity contribution in [3.63, 3.8) is 0 Å². The zero-order valence-electron chi connectivity index (χ0n) is 16.1. The maximum Gasteiger partial charge on any atom is 0.230 e. The van der Waals surface area contributed by atoms with Crippen LogP contribution in [0.1, 0.15) is 29.5 Å². The number of quaternary nitrogens is 2. The second-order valence-corrected chi connectivity index (χ2v) is 8.05. The van der Waals surface area contributed by atoms with Crippen molar-refractivity contribution in [3.05, 3.63) is 65.2 Å². The van der Waals surface area contributed by atoms with Crippen molar-refractivity contribution in [2.75, 3.05) is 38.0 Å². The van der Waals surface area contributed by atoms with Crippen LogP contribution >= 0.6 is 0 Å². The first-order chi connectivity index (χ1) is 13.3. The van der Waals surface area contributed by atoms with E-state index in [4.69, 9.17) is 0 Å². The van der Waals surface area contributed by atoms with Gasteiger partial charge in [-0.2, -0.15) is 0 Å². The third-order valence-corrected chi connectivity index (χ3v) is 6.05. The number of hydrogen-bond donors (Lipinski definition) is 3. The van der Waals surface area contributed by atoms with Crippen molar-refractivity contribution in [1.82, 2.24) is 0 Å². The van der Waals surface area contributed by atoms with Crippen LogP contribution in [-0.2, 0) is 24.2 Å². The lowest BCUT2D eigenvalue weighted by molar-refractivity contribution is -1.02. The molecule has 1 heterocycles. The van der Waals surface area contributed by atoms with Crippen LogP contribution in [0.25, 0.3) is 0 Å². The van der Waals surface area contributed by atoms with E-state index in [1.165, 1.54) is 42.6 Å². The molecule has 0 atom stereocenters. The maximum absolute atomic E-state index is 12.3. The third kappa shape index (κ3) is 4.96. The second kappa shape index (κ2) is 8.68. The van der Waals surface area contributed by atoms with E-state index in [2.05, 4.69) is 53.8 Å². The Labute approximate surface area is 162 Å². The number of aryl methyl sites for hydroxylation is 2. The molecule has 2 aliphatic rings. The van der Waals surface area contributed by atoms with Crippen LogP contribution < -0.4 is 15.1 Å². The Bertz CT molecular complexity index is 766. The first kappa shape index (κ1) is 18.2. The molecule has 4 rings (SSSR count). The molecule has 1 saturated heterocycles. The van der Waals surface area contributed by atoms with E-state index in [0.29, 0.717) is 6.42 Å². The van der Waals surface area contributed by atoms with E-state index in [1.807, 2.05) is 0 Å². The molecule has 0 radical (unpaired) electrons. The number of rotatable bonds is 6. The van der Waals surface area contributed by atoms with Gasteiger partial charge in [0.15, 0.2) is 0 Å². The number of carbonyl (C=O) groups excluding carboxylic acids is 1. The first-order valence-electron chi connectivity index (χ1n) is 10.4. The Hall–Kier alpha value is -2.17. The molecule has 4 nitrogen and oxygen atoms in total. The summed E-state index contributed by atoms with van der Waals surface area (Å²) in [6.07, 6.45) is 4.19. The summed E-state index contributed by atoms with van der Waals surface area (Å²) in [6.45, 7) is 6.76. The lowest BCUT2D eigenvalue weighted by Gasteiger charge is -2.29. The zero-order valence-corrected chi connectivity index (χ0v) is 16.1. The lowest BCUT2D eigenvalue weighted by atomic mass is 10.1. The molecule has 2 aromatic rings. The van der Waals surface area contributed by atoms with Crippen LogP contribution in [0.5, 0.6) is 0 Å². The number of anilines is 1. The minimum absolute atomic E-state index is 0.152. The summed E-state index contributed by atoms with van der Waals surface area (Å²) < 4.78 is 0. The fourth-order valence-electron chi connectivity index (χ4n) is 4.43. The molecular weight excluding hydrogens is 334 g/mol. The number of amides is 1. The van der Waals surface area contributed by atoms with Crippen molar-refractivity contribution in [2.24, 2.45) is 0 Å². The van der Waals surface area contributed by atoms with Crippen molar-refractivity contribution >= 4 is 11.6 Å². The van der Waals surface area contributed by atoms with E-state index < -0.39 is 0 Å². The van der Waals surface area contributed by atoms with E-state index in [9.17, 15) is 4.79 Å². The van der Waals surface area contributed by atoms with Crippen LogP contribution in [0.3, 0.4) is 0 Å². The monoisotopic (exact) mass is 365 g/mol. The SMILES string of the molecule is O=C(CC[NH+]1CC[NH+](Cc2ccccc2)CC1)Nc1ccc2c(c1)CCC2. The topological polar surface area (TPSA) is 38.0 Å².